The topological polar surface area (TPSA) is 12.4 Å². The summed E-state index contributed by atoms with van der Waals surface area (Å²) in [5, 5.41) is 0.758. The first-order chi connectivity index (χ1) is 11.6. The lowest BCUT2D eigenvalue weighted by atomic mass is 10.2. The minimum Gasteiger partial charge on any atom is -0.255 e. The molecule has 3 aromatic rings. The molecular formula is C20H15BrClNS. The number of nitrogens with zero attached hydrogens (tertiary/aromatic N) is 1. The van der Waals surface area contributed by atoms with Crippen molar-refractivity contribution in [2.45, 2.75) is 16.7 Å². The van der Waals surface area contributed by atoms with E-state index in [1.165, 1.54) is 15.4 Å². The summed E-state index contributed by atoms with van der Waals surface area (Å²) in [4.78, 5) is 6.90. The van der Waals surface area contributed by atoms with Crippen molar-refractivity contribution in [3.63, 3.8) is 0 Å². The van der Waals surface area contributed by atoms with Gasteiger partial charge in [0.1, 0.15) is 0 Å². The first-order valence-corrected chi connectivity index (χ1v) is 9.42. The molecule has 0 atom stereocenters. The molecule has 0 aliphatic carbocycles. The molecule has 0 bridgehead atoms. The Hall–Kier alpha value is -1.55. The second-order valence-corrected chi connectivity index (χ2v) is 7.78. The van der Waals surface area contributed by atoms with Crippen molar-refractivity contribution in [3.8, 4) is 0 Å². The molecule has 0 N–H and O–H groups in total. The Kier molecular flexibility index (Phi) is 5.77. The molecule has 0 heterocycles. The molecular weight excluding hydrogens is 402 g/mol. The molecule has 0 aromatic heterocycles. The first-order valence-electron chi connectivity index (χ1n) is 7.44. The second-order valence-electron chi connectivity index (χ2n) is 5.34. The molecule has 3 rings (SSSR count). The van der Waals surface area contributed by atoms with E-state index in [1.54, 1.807) is 11.8 Å². The summed E-state index contributed by atoms with van der Waals surface area (Å²) in [7, 11) is 0. The Labute approximate surface area is 159 Å². The maximum atomic E-state index is 5.91. The SMILES string of the molecule is Cc1ccc(N=Cc2ccc(Sc3ccc(Cl)cc3)cc2)c(Br)c1. The molecule has 3 aromatic carbocycles. The molecule has 0 fully saturated rings. The summed E-state index contributed by atoms with van der Waals surface area (Å²) < 4.78 is 1.01. The van der Waals surface area contributed by atoms with Gasteiger partial charge in [-0.3, -0.25) is 4.99 Å². The Balaban J connectivity index is 1.70. The summed E-state index contributed by atoms with van der Waals surface area (Å²) in [6.45, 7) is 2.06. The van der Waals surface area contributed by atoms with Gasteiger partial charge < -0.3 is 0 Å². The van der Waals surface area contributed by atoms with Crippen molar-refractivity contribution in [2.75, 3.05) is 0 Å². The average molecular weight is 417 g/mol. The van der Waals surface area contributed by atoms with Crippen LogP contribution in [0.4, 0.5) is 5.69 Å². The van der Waals surface area contributed by atoms with Crippen molar-refractivity contribution in [1.82, 2.24) is 0 Å². The molecule has 0 spiro atoms. The predicted octanol–water partition coefficient (Wildman–Crippen LogP) is 7.31. The van der Waals surface area contributed by atoms with E-state index < -0.39 is 0 Å². The van der Waals surface area contributed by atoms with Gasteiger partial charge in [0, 0.05) is 25.5 Å². The summed E-state index contributed by atoms with van der Waals surface area (Å²) >= 11 is 11.2. The molecule has 0 saturated heterocycles. The normalized spacial score (nSPS) is 11.1. The van der Waals surface area contributed by atoms with Gasteiger partial charge in [-0.1, -0.05) is 41.6 Å². The van der Waals surface area contributed by atoms with Gasteiger partial charge in [0.15, 0.2) is 0 Å². The van der Waals surface area contributed by atoms with E-state index in [-0.39, 0.29) is 0 Å². The minimum atomic E-state index is 0.758. The lowest BCUT2D eigenvalue weighted by Gasteiger charge is -2.03. The average Bonchev–Trinajstić information content (AvgIpc) is 2.57. The van der Waals surface area contributed by atoms with Gasteiger partial charge in [0.2, 0.25) is 0 Å². The fourth-order valence-electron chi connectivity index (χ4n) is 2.12. The van der Waals surface area contributed by atoms with Crippen molar-refractivity contribution in [1.29, 1.82) is 0 Å². The highest BCUT2D eigenvalue weighted by molar-refractivity contribution is 9.10. The van der Waals surface area contributed by atoms with E-state index in [4.69, 9.17) is 11.6 Å². The molecule has 0 saturated carbocycles. The van der Waals surface area contributed by atoms with Crippen LogP contribution in [0.2, 0.25) is 5.02 Å². The van der Waals surface area contributed by atoms with Crippen LogP contribution in [0.3, 0.4) is 0 Å². The second kappa shape index (κ2) is 8.02. The van der Waals surface area contributed by atoms with Crippen LogP contribution >= 0.6 is 39.3 Å². The Morgan fingerprint density at radius 2 is 1.54 bits per heavy atom. The number of aliphatic imine (C=N–C) groups is 1. The molecule has 0 unspecified atom stereocenters. The van der Waals surface area contributed by atoms with Crippen LogP contribution < -0.4 is 0 Å². The number of hydrogen-bond donors (Lipinski definition) is 0. The first kappa shape index (κ1) is 17.3. The summed E-state index contributed by atoms with van der Waals surface area (Å²) in [6.07, 6.45) is 1.88. The smallest absolute Gasteiger partial charge is 0.0772 e. The Bertz CT molecular complexity index is 858. The van der Waals surface area contributed by atoms with E-state index in [0.717, 1.165) is 20.7 Å². The fourth-order valence-corrected chi connectivity index (χ4v) is 3.66. The molecule has 120 valence electrons. The van der Waals surface area contributed by atoms with E-state index in [2.05, 4.69) is 64.2 Å². The van der Waals surface area contributed by atoms with Crippen LogP contribution in [0.5, 0.6) is 0 Å². The highest BCUT2D eigenvalue weighted by atomic mass is 79.9. The molecule has 0 aliphatic heterocycles. The maximum absolute atomic E-state index is 5.91. The summed E-state index contributed by atoms with van der Waals surface area (Å²) in [5.41, 5.74) is 3.22. The van der Waals surface area contributed by atoms with Crippen molar-refractivity contribution >= 4 is 51.2 Å². The number of aryl methyl sites for hydroxylation is 1. The van der Waals surface area contributed by atoms with Crippen LogP contribution in [-0.4, -0.2) is 6.21 Å². The van der Waals surface area contributed by atoms with Gasteiger partial charge in [0.05, 0.1) is 5.69 Å². The zero-order valence-electron chi connectivity index (χ0n) is 13.0. The summed E-state index contributed by atoms with van der Waals surface area (Å²) in [5.74, 6) is 0. The van der Waals surface area contributed by atoms with Crippen LogP contribution in [0, 0.1) is 6.92 Å². The number of rotatable bonds is 4. The van der Waals surface area contributed by atoms with E-state index in [1.807, 2.05) is 36.5 Å². The van der Waals surface area contributed by atoms with Crippen LogP contribution in [0.25, 0.3) is 0 Å². The van der Waals surface area contributed by atoms with Gasteiger partial charge >= 0.3 is 0 Å². The monoisotopic (exact) mass is 415 g/mol. The Morgan fingerprint density at radius 3 is 2.17 bits per heavy atom. The van der Waals surface area contributed by atoms with Crippen LogP contribution in [0.15, 0.2) is 86.0 Å². The lowest BCUT2D eigenvalue weighted by Crippen LogP contribution is -1.81. The van der Waals surface area contributed by atoms with E-state index in [9.17, 15) is 0 Å². The van der Waals surface area contributed by atoms with Gasteiger partial charge in [-0.25, -0.2) is 0 Å². The quantitative estimate of drug-likeness (QED) is 0.406. The van der Waals surface area contributed by atoms with E-state index in [0.29, 0.717) is 0 Å². The van der Waals surface area contributed by atoms with Crippen LogP contribution in [0.1, 0.15) is 11.1 Å². The highest BCUT2D eigenvalue weighted by Crippen LogP contribution is 2.29. The van der Waals surface area contributed by atoms with Gasteiger partial charge in [0.25, 0.3) is 0 Å². The Morgan fingerprint density at radius 1 is 0.917 bits per heavy atom. The van der Waals surface area contributed by atoms with Crippen LogP contribution in [-0.2, 0) is 0 Å². The fraction of sp³-hybridized carbons (Fsp3) is 0.0500. The molecule has 0 aliphatic rings. The standard InChI is InChI=1S/C20H15BrClNS/c1-14-2-11-20(19(21)12-14)23-13-15-3-7-17(8-4-15)24-18-9-5-16(22)6-10-18/h2-13H,1H3. The molecule has 4 heteroatoms. The zero-order valence-corrected chi connectivity index (χ0v) is 16.2. The summed E-state index contributed by atoms with van der Waals surface area (Å²) in [6, 6.07) is 22.4. The van der Waals surface area contributed by atoms with E-state index >= 15 is 0 Å². The minimum absolute atomic E-state index is 0.758. The maximum Gasteiger partial charge on any atom is 0.0772 e. The zero-order chi connectivity index (χ0) is 16.9. The van der Waals surface area contributed by atoms with Crippen molar-refractivity contribution in [2.24, 2.45) is 4.99 Å². The third-order valence-corrected chi connectivity index (χ3v) is 5.29. The lowest BCUT2D eigenvalue weighted by molar-refractivity contribution is 1.39. The molecule has 0 amide bonds. The number of halogens is 2. The molecule has 24 heavy (non-hydrogen) atoms. The van der Waals surface area contributed by atoms with Crippen molar-refractivity contribution < 1.29 is 0 Å². The largest absolute Gasteiger partial charge is 0.255 e. The highest BCUT2D eigenvalue weighted by Gasteiger charge is 1.99. The molecule has 1 nitrogen and oxygen atoms in total. The number of benzene rings is 3. The third-order valence-electron chi connectivity index (χ3n) is 3.39. The van der Waals surface area contributed by atoms with Gasteiger partial charge in [-0.15, -0.1) is 0 Å². The number of hydrogen-bond acceptors (Lipinski definition) is 2. The molecule has 0 radical (unpaired) electrons. The van der Waals surface area contributed by atoms with Gasteiger partial charge in [-0.2, -0.15) is 0 Å². The van der Waals surface area contributed by atoms with Gasteiger partial charge in [-0.05, 0) is 82.5 Å². The van der Waals surface area contributed by atoms with Crippen molar-refractivity contribution in [3.05, 3.63) is 87.4 Å². The third kappa shape index (κ3) is 4.73. The predicted molar refractivity (Wildman–Crippen MR) is 108 cm³/mol.